The number of nitrogens with zero attached hydrogens (tertiary/aromatic N) is 4. The lowest BCUT2D eigenvalue weighted by Gasteiger charge is -2.18. The van der Waals surface area contributed by atoms with Gasteiger partial charge in [0.15, 0.2) is 0 Å². The van der Waals surface area contributed by atoms with E-state index in [1.165, 1.54) is 11.8 Å². The Hall–Kier alpha value is -2.53. The Morgan fingerprint density at radius 3 is 2.85 bits per heavy atom. The van der Waals surface area contributed by atoms with Gasteiger partial charge in [0.25, 0.3) is 0 Å². The van der Waals surface area contributed by atoms with Gasteiger partial charge in [0.1, 0.15) is 11.6 Å². The van der Waals surface area contributed by atoms with Gasteiger partial charge in [-0.05, 0) is 55.6 Å². The van der Waals surface area contributed by atoms with E-state index in [0.717, 1.165) is 49.6 Å². The second-order valence-electron chi connectivity index (χ2n) is 7.09. The normalized spacial score (nSPS) is 17.7. The molecular formula is C21H23FN4. The SMILES string of the molecule is Cc1cnc(-c2ccncc2)n1CC1CCN(Cc2cccc(F)c2)C1. The highest BCUT2D eigenvalue weighted by Crippen LogP contribution is 2.25. The summed E-state index contributed by atoms with van der Waals surface area (Å²) in [5, 5.41) is 0. The average molecular weight is 350 g/mol. The monoisotopic (exact) mass is 350 g/mol. The van der Waals surface area contributed by atoms with Gasteiger partial charge >= 0.3 is 0 Å². The number of benzene rings is 1. The van der Waals surface area contributed by atoms with Crippen LogP contribution in [-0.4, -0.2) is 32.5 Å². The Morgan fingerprint density at radius 2 is 2.04 bits per heavy atom. The van der Waals surface area contributed by atoms with Gasteiger partial charge in [-0.25, -0.2) is 9.37 Å². The number of halogens is 1. The molecule has 1 fully saturated rings. The predicted octanol–water partition coefficient (Wildman–Crippen LogP) is 3.91. The van der Waals surface area contributed by atoms with Gasteiger partial charge in [-0.2, -0.15) is 0 Å². The number of imidazole rings is 1. The summed E-state index contributed by atoms with van der Waals surface area (Å²) in [5.41, 5.74) is 3.32. The van der Waals surface area contributed by atoms with E-state index in [0.29, 0.717) is 5.92 Å². The van der Waals surface area contributed by atoms with Crippen LogP contribution in [0.2, 0.25) is 0 Å². The van der Waals surface area contributed by atoms with Gasteiger partial charge in [0.05, 0.1) is 0 Å². The molecule has 0 saturated carbocycles. The van der Waals surface area contributed by atoms with Gasteiger partial charge in [0.2, 0.25) is 0 Å². The fraction of sp³-hybridized carbons (Fsp3) is 0.333. The van der Waals surface area contributed by atoms with E-state index in [-0.39, 0.29) is 5.82 Å². The molecule has 26 heavy (non-hydrogen) atoms. The molecule has 0 aliphatic carbocycles. The third kappa shape index (κ3) is 3.68. The first-order valence-electron chi connectivity index (χ1n) is 9.08. The van der Waals surface area contributed by atoms with E-state index in [1.807, 2.05) is 24.4 Å². The largest absolute Gasteiger partial charge is 0.328 e. The number of pyridine rings is 1. The average Bonchev–Trinajstić information content (AvgIpc) is 3.23. The third-order valence-corrected chi connectivity index (χ3v) is 5.10. The summed E-state index contributed by atoms with van der Waals surface area (Å²) in [6, 6.07) is 10.9. The lowest BCUT2D eigenvalue weighted by atomic mass is 10.1. The second kappa shape index (κ2) is 7.38. The maximum absolute atomic E-state index is 13.4. The molecule has 1 atom stereocenters. The maximum atomic E-state index is 13.4. The van der Waals surface area contributed by atoms with Gasteiger partial charge in [-0.3, -0.25) is 9.88 Å². The maximum Gasteiger partial charge on any atom is 0.140 e. The van der Waals surface area contributed by atoms with Crippen molar-refractivity contribution >= 4 is 0 Å². The van der Waals surface area contributed by atoms with Crippen molar-refractivity contribution in [3.05, 3.63) is 72.1 Å². The van der Waals surface area contributed by atoms with Crippen molar-refractivity contribution < 1.29 is 4.39 Å². The molecule has 3 heterocycles. The summed E-state index contributed by atoms with van der Waals surface area (Å²) >= 11 is 0. The smallest absolute Gasteiger partial charge is 0.140 e. The topological polar surface area (TPSA) is 34.0 Å². The van der Waals surface area contributed by atoms with Crippen molar-refractivity contribution in [3.63, 3.8) is 0 Å². The summed E-state index contributed by atoms with van der Waals surface area (Å²) in [6.07, 6.45) is 6.71. The summed E-state index contributed by atoms with van der Waals surface area (Å²) in [7, 11) is 0. The van der Waals surface area contributed by atoms with Crippen molar-refractivity contribution in [3.8, 4) is 11.4 Å². The van der Waals surface area contributed by atoms with E-state index in [2.05, 4.69) is 26.4 Å². The van der Waals surface area contributed by atoms with Crippen LogP contribution >= 0.6 is 0 Å². The molecule has 0 bridgehead atoms. The van der Waals surface area contributed by atoms with Crippen LogP contribution in [0.25, 0.3) is 11.4 Å². The molecule has 1 aromatic carbocycles. The molecule has 0 N–H and O–H groups in total. The molecule has 3 aromatic rings. The number of hydrogen-bond acceptors (Lipinski definition) is 3. The lowest BCUT2D eigenvalue weighted by molar-refractivity contribution is 0.308. The molecule has 5 heteroatoms. The van der Waals surface area contributed by atoms with Crippen LogP contribution in [0.1, 0.15) is 17.7 Å². The first-order chi connectivity index (χ1) is 12.7. The zero-order valence-electron chi connectivity index (χ0n) is 15.0. The minimum absolute atomic E-state index is 0.158. The molecule has 1 unspecified atom stereocenters. The third-order valence-electron chi connectivity index (χ3n) is 5.10. The minimum atomic E-state index is -0.158. The molecule has 0 amide bonds. The zero-order chi connectivity index (χ0) is 17.9. The Balaban J connectivity index is 1.44. The van der Waals surface area contributed by atoms with Crippen molar-refractivity contribution in [1.82, 2.24) is 19.4 Å². The Kier molecular flexibility index (Phi) is 4.80. The highest BCUT2D eigenvalue weighted by Gasteiger charge is 2.24. The van der Waals surface area contributed by atoms with Crippen molar-refractivity contribution in [1.29, 1.82) is 0 Å². The van der Waals surface area contributed by atoms with E-state index < -0.39 is 0 Å². The van der Waals surface area contributed by atoms with Crippen LogP contribution in [0.4, 0.5) is 4.39 Å². The highest BCUT2D eigenvalue weighted by molar-refractivity contribution is 5.55. The Morgan fingerprint density at radius 1 is 1.19 bits per heavy atom. The fourth-order valence-electron chi connectivity index (χ4n) is 3.78. The molecule has 4 nitrogen and oxygen atoms in total. The summed E-state index contributed by atoms with van der Waals surface area (Å²) in [4.78, 5) is 11.1. The van der Waals surface area contributed by atoms with E-state index >= 15 is 0 Å². The molecule has 2 aromatic heterocycles. The number of likely N-dealkylation sites (tertiary alicyclic amines) is 1. The molecule has 1 saturated heterocycles. The number of rotatable bonds is 5. The van der Waals surface area contributed by atoms with E-state index in [9.17, 15) is 4.39 Å². The van der Waals surface area contributed by atoms with Crippen LogP contribution < -0.4 is 0 Å². The molecular weight excluding hydrogens is 327 g/mol. The Labute approximate surface area is 153 Å². The van der Waals surface area contributed by atoms with E-state index in [4.69, 9.17) is 0 Å². The first-order valence-corrected chi connectivity index (χ1v) is 9.08. The highest BCUT2D eigenvalue weighted by atomic mass is 19.1. The van der Waals surface area contributed by atoms with Crippen LogP contribution in [-0.2, 0) is 13.1 Å². The van der Waals surface area contributed by atoms with Crippen LogP contribution in [0, 0.1) is 18.7 Å². The molecule has 1 aliphatic rings. The number of aryl methyl sites for hydroxylation is 1. The van der Waals surface area contributed by atoms with Gasteiger partial charge in [0, 0.05) is 49.5 Å². The molecule has 134 valence electrons. The van der Waals surface area contributed by atoms with Crippen molar-refractivity contribution in [2.75, 3.05) is 13.1 Å². The quantitative estimate of drug-likeness (QED) is 0.699. The van der Waals surface area contributed by atoms with Gasteiger partial charge in [-0.1, -0.05) is 12.1 Å². The van der Waals surface area contributed by atoms with E-state index in [1.54, 1.807) is 24.5 Å². The van der Waals surface area contributed by atoms with Crippen molar-refractivity contribution in [2.45, 2.75) is 26.4 Å². The molecule has 1 aliphatic heterocycles. The summed E-state index contributed by atoms with van der Waals surface area (Å²) in [6.45, 7) is 5.97. The van der Waals surface area contributed by atoms with Gasteiger partial charge in [-0.15, -0.1) is 0 Å². The van der Waals surface area contributed by atoms with Crippen LogP contribution in [0.15, 0.2) is 55.0 Å². The number of hydrogen-bond donors (Lipinski definition) is 0. The van der Waals surface area contributed by atoms with Crippen LogP contribution in [0.5, 0.6) is 0 Å². The fourth-order valence-corrected chi connectivity index (χ4v) is 3.78. The number of aromatic nitrogens is 3. The van der Waals surface area contributed by atoms with Gasteiger partial charge < -0.3 is 4.57 Å². The summed E-state index contributed by atoms with van der Waals surface area (Å²) in [5.74, 6) is 1.43. The molecule has 0 spiro atoms. The summed E-state index contributed by atoms with van der Waals surface area (Å²) < 4.78 is 15.7. The Bertz CT molecular complexity index is 875. The minimum Gasteiger partial charge on any atom is -0.328 e. The lowest BCUT2D eigenvalue weighted by Crippen LogP contribution is -2.22. The first kappa shape index (κ1) is 16.9. The van der Waals surface area contributed by atoms with Crippen LogP contribution in [0.3, 0.4) is 0 Å². The molecule has 4 rings (SSSR count). The zero-order valence-corrected chi connectivity index (χ0v) is 15.0. The van der Waals surface area contributed by atoms with Crippen molar-refractivity contribution in [2.24, 2.45) is 5.92 Å². The molecule has 0 radical (unpaired) electrons. The standard InChI is InChI=1S/C21H23FN4/c1-16-12-24-21(19-5-8-23-9-6-19)26(16)15-18-7-10-25(14-18)13-17-3-2-4-20(22)11-17/h2-6,8-9,11-12,18H,7,10,13-15H2,1H3. The predicted molar refractivity (Wildman–Crippen MR) is 100.0 cm³/mol. The second-order valence-corrected chi connectivity index (χ2v) is 7.09.